The van der Waals surface area contributed by atoms with Gasteiger partial charge in [0.1, 0.15) is 5.82 Å². The number of hydrogen-bond acceptors (Lipinski definition) is 4. The second-order valence-corrected chi connectivity index (χ2v) is 8.96. The molecule has 3 aromatic rings. The van der Waals surface area contributed by atoms with Crippen LogP contribution in [0, 0.1) is 5.82 Å². The third-order valence-electron chi connectivity index (χ3n) is 4.91. The van der Waals surface area contributed by atoms with Crippen molar-refractivity contribution in [2.24, 2.45) is 0 Å². The van der Waals surface area contributed by atoms with E-state index in [0.29, 0.717) is 12.3 Å². The fourth-order valence-electron chi connectivity index (χ4n) is 3.39. The number of nitrogens with zero attached hydrogens (tertiary/aromatic N) is 2. The van der Waals surface area contributed by atoms with Crippen molar-refractivity contribution in [1.29, 1.82) is 0 Å². The van der Waals surface area contributed by atoms with Crippen molar-refractivity contribution in [1.82, 2.24) is 9.88 Å². The van der Waals surface area contributed by atoms with Gasteiger partial charge < -0.3 is 4.90 Å². The Hall–Kier alpha value is -1.92. The molecule has 0 bridgehead atoms. The Morgan fingerprint density at radius 1 is 1.15 bits per heavy atom. The molecular weight excluding hydrogens is 379 g/mol. The molecule has 1 aliphatic rings. The number of piperidine rings is 1. The van der Waals surface area contributed by atoms with E-state index in [2.05, 4.69) is 18.2 Å². The topological polar surface area (TPSA) is 33.2 Å². The van der Waals surface area contributed by atoms with Crippen LogP contribution in [0.25, 0.3) is 10.2 Å². The largest absolute Gasteiger partial charge is 0.343 e. The number of hydrogen-bond donors (Lipinski definition) is 0. The minimum absolute atomic E-state index is 0.215. The molecular formula is C21H21FN2OS2. The highest BCUT2D eigenvalue weighted by atomic mass is 32.2. The predicted octanol–water partition coefficient (Wildman–Crippen LogP) is 5.32. The van der Waals surface area contributed by atoms with Gasteiger partial charge in [0.15, 0.2) is 0 Å². The van der Waals surface area contributed by atoms with Crippen LogP contribution < -0.4 is 0 Å². The van der Waals surface area contributed by atoms with Crippen LogP contribution in [-0.4, -0.2) is 34.6 Å². The molecule has 0 aliphatic carbocycles. The molecule has 0 radical (unpaired) electrons. The number of fused-ring (bicyclic) bond motifs is 1. The van der Waals surface area contributed by atoms with Crippen LogP contribution in [0.4, 0.5) is 4.39 Å². The fraction of sp³-hybridized carbons (Fsp3) is 0.333. The molecule has 2 aromatic carbocycles. The number of likely N-dealkylation sites (tertiary alicyclic amines) is 1. The molecule has 4 rings (SSSR count). The second-order valence-electron chi connectivity index (χ2n) is 6.73. The Labute approximate surface area is 166 Å². The van der Waals surface area contributed by atoms with Crippen molar-refractivity contribution in [3.63, 3.8) is 0 Å². The summed E-state index contributed by atoms with van der Waals surface area (Å²) in [6.45, 7) is 1.61. The summed E-state index contributed by atoms with van der Waals surface area (Å²) in [6.07, 6.45) is 2.49. The summed E-state index contributed by atoms with van der Waals surface area (Å²) in [4.78, 5) is 20.2. The maximum absolute atomic E-state index is 12.9. The molecule has 0 atom stereocenters. The lowest BCUT2D eigenvalue weighted by Crippen LogP contribution is -2.38. The first kappa shape index (κ1) is 18.4. The molecule has 140 valence electrons. The van der Waals surface area contributed by atoms with E-state index in [1.54, 1.807) is 35.2 Å². The van der Waals surface area contributed by atoms with E-state index in [-0.39, 0.29) is 11.7 Å². The van der Waals surface area contributed by atoms with Gasteiger partial charge in [-0.05, 0) is 49.2 Å². The third-order valence-corrected chi connectivity index (χ3v) is 7.12. The average Bonchev–Trinajstić information content (AvgIpc) is 3.14. The van der Waals surface area contributed by atoms with Gasteiger partial charge in [-0.1, -0.05) is 12.1 Å². The summed E-state index contributed by atoms with van der Waals surface area (Å²) in [5.41, 5.74) is 1.08. The van der Waals surface area contributed by atoms with Crippen molar-refractivity contribution in [2.45, 2.75) is 30.1 Å². The molecule has 6 heteroatoms. The number of para-hydroxylation sites is 1. The summed E-state index contributed by atoms with van der Waals surface area (Å²) in [5.74, 6) is 1.17. The van der Waals surface area contributed by atoms with Gasteiger partial charge in [0.2, 0.25) is 5.91 Å². The van der Waals surface area contributed by atoms with Gasteiger partial charge in [-0.2, -0.15) is 0 Å². The highest BCUT2D eigenvalue weighted by Gasteiger charge is 2.25. The number of rotatable bonds is 5. The first-order valence-electron chi connectivity index (χ1n) is 9.20. The molecule has 27 heavy (non-hydrogen) atoms. The monoisotopic (exact) mass is 400 g/mol. The SMILES string of the molecule is O=C(CCSc1ccc(F)cc1)N1CCC(c2nc3ccccc3s2)CC1. The Balaban J connectivity index is 1.25. The number of carbonyl (C=O) groups is 1. The fourth-order valence-corrected chi connectivity index (χ4v) is 5.36. The van der Waals surface area contributed by atoms with E-state index in [1.807, 2.05) is 11.0 Å². The summed E-state index contributed by atoms with van der Waals surface area (Å²) < 4.78 is 14.2. The third kappa shape index (κ3) is 4.50. The van der Waals surface area contributed by atoms with Gasteiger partial charge in [0.25, 0.3) is 0 Å². The first-order chi connectivity index (χ1) is 13.2. The highest BCUT2D eigenvalue weighted by Crippen LogP contribution is 2.34. The van der Waals surface area contributed by atoms with Crippen LogP contribution in [0.2, 0.25) is 0 Å². The van der Waals surface area contributed by atoms with Gasteiger partial charge in [0, 0.05) is 36.1 Å². The smallest absolute Gasteiger partial charge is 0.223 e. The minimum Gasteiger partial charge on any atom is -0.343 e. The molecule has 2 heterocycles. The molecule has 3 nitrogen and oxygen atoms in total. The van der Waals surface area contributed by atoms with Gasteiger partial charge >= 0.3 is 0 Å². The van der Waals surface area contributed by atoms with Crippen molar-refractivity contribution >= 4 is 39.2 Å². The Morgan fingerprint density at radius 3 is 2.63 bits per heavy atom. The van der Waals surface area contributed by atoms with Crippen LogP contribution >= 0.6 is 23.1 Å². The molecule has 1 aliphatic heterocycles. The number of aromatic nitrogens is 1. The minimum atomic E-state index is -0.230. The standard InChI is InChI=1S/C21H21FN2OS2/c22-16-5-7-17(8-6-16)26-14-11-20(25)24-12-9-15(10-13-24)21-23-18-3-1-2-4-19(18)27-21/h1-8,15H,9-14H2. The number of amides is 1. The molecule has 1 fully saturated rings. The van der Waals surface area contributed by atoms with E-state index in [0.717, 1.165) is 42.1 Å². The van der Waals surface area contributed by atoms with Crippen molar-refractivity contribution in [3.05, 3.63) is 59.4 Å². The second kappa shape index (κ2) is 8.40. The maximum atomic E-state index is 12.9. The summed E-state index contributed by atoms with van der Waals surface area (Å²) in [5, 5.41) is 1.20. The van der Waals surface area contributed by atoms with Crippen LogP contribution in [0.15, 0.2) is 53.4 Å². The van der Waals surface area contributed by atoms with Crippen LogP contribution in [0.5, 0.6) is 0 Å². The lowest BCUT2D eigenvalue weighted by molar-refractivity contribution is -0.131. The number of benzene rings is 2. The lowest BCUT2D eigenvalue weighted by Gasteiger charge is -2.31. The van der Waals surface area contributed by atoms with Gasteiger partial charge in [-0.3, -0.25) is 4.79 Å². The van der Waals surface area contributed by atoms with Crippen molar-refractivity contribution < 1.29 is 9.18 Å². The Morgan fingerprint density at radius 2 is 1.89 bits per heavy atom. The van der Waals surface area contributed by atoms with E-state index < -0.39 is 0 Å². The Bertz CT molecular complexity index is 884. The van der Waals surface area contributed by atoms with Gasteiger partial charge in [-0.25, -0.2) is 9.37 Å². The molecule has 0 N–H and O–H groups in total. The molecule has 1 aromatic heterocycles. The predicted molar refractivity (Wildman–Crippen MR) is 110 cm³/mol. The zero-order valence-electron chi connectivity index (χ0n) is 14.9. The molecule has 0 saturated carbocycles. The quantitative estimate of drug-likeness (QED) is 0.543. The number of thioether (sulfide) groups is 1. The number of thiazole rings is 1. The van der Waals surface area contributed by atoms with E-state index in [4.69, 9.17) is 4.98 Å². The first-order valence-corrected chi connectivity index (χ1v) is 11.0. The van der Waals surface area contributed by atoms with Gasteiger partial charge in [-0.15, -0.1) is 23.1 Å². The Kier molecular flexibility index (Phi) is 5.74. The molecule has 0 spiro atoms. The maximum Gasteiger partial charge on any atom is 0.223 e. The summed E-state index contributed by atoms with van der Waals surface area (Å²) in [6, 6.07) is 14.7. The van der Waals surface area contributed by atoms with Crippen LogP contribution in [0.3, 0.4) is 0 Å². The molecule has 1 saturated heterocycles. The molecule has 1 amide bonds. The average molecular weight is 401 g/mol. The van der Waals surface area contributed by atoms with Crippen LogP contribution in [-0.2, 0) is 4.79 Å². The van der Waals surface area contributed by atoms with E-state index >= 15 is 0 Å². The summed E-state index contributed by atoms with van der Waals surface area (Å²) in [7, 11) is 0. The molecule has 0 unspecified atom stereocenters. The summed E-state index contributed by atoms with van der Waals surface area (Å²) >= 11 is 3.38. The van der Waals surface area contributed by atoms with E-state index in [9.17, 15) is 9.18 Å². The van der Waals surface area contributed by atoms with Crippen molar-refractivity contribution in [2.75, 3.05) is 18.8 Å². The zero-order valence-corrected chi connectivity index (χ0v) is 16.6. The normalized spacial score (nSPS) is 15.4. The number of carbonyl (C=O) groups excluding carboxylic acids is 1. The van der Waals surface area contributed by atoms with Crippen LogP contribution in [0.1, 0.15) is 30.2 Å². The lowest BCUT2D eigenvalue weighted by atomic mass is 9.97. The van der Waals surface area contributed by atoms with Crippen molar-refractivity contribution in [3.8, 4) is 0 Å². The van der Waals surface area contributed by atoms with Gasteiger partial charge in [0.05, 0.1) is 15.2 Å². The number of halogens is 1. The highest BCUT2D eigenvalue weighted by molar-refractivity contribution is 7.99. The van der Waals surface area contributed by atoms with E-state index in [1.165, 1.54) is 21.8 Å². The zero-order chi connectivity index (χ0) is 18.6.